The lowest BCUT2D eigenvalue weighted by Gasteiger charge is -2.02. The predicted molar refractivity (Wildman–Crippen MR) is 54.8 cm³/mol. The summed E-state index contributed by atoms with van der Waals surface area (Å²) in [5.74, 6) is 0. The Morgan fingerprint density at radius 1 is 1.54 bits per heavy atom. The number of aliphatic hydroxyl groups excluding tert-OH is 1. The highest BCUT2D eigenvalue weighted by Crippen LogP contribution is 2.19. The topological polar surface area (TPSA) is 63.3 Å². The maximum atomic E-state index is 10.3. The summed E-state index contributed by atoms with van der Waals surface area (Å²) in [5, 5.41) is 7.31. The van der Waals surface area contributed by atoms with Gasteiger partial charge in [0.05, 0.1) is 10.7 Å². The predicted octanol–water partition coefficient (Wildman–Crippen LogP) is 0.137. The van der Waals surface area contributed by atoms with Crippen LogP contribution >= 0.6 is 11.6 Å². The fraction of sp³-hybridized carbons (Fsp3) is 0.125. The monoisotopic (exact) mass is 197 g/mol. The van der Waals surface area contributed by atoms with Crippen LogP contribution in [0.15, 0.2) is 12.1 Å². The summed E-state index contributed by atoms with van der Waals surface area (Å²) in [6.45, 7) is 0. The van der Waals surface area contributed by atoms with Gasteiger partial charge in [-0.05, 0) is 6.07 Å². The minimum atomic E-state index is 0.274. The SMILES string of the molecule is CO.[B]c1cc(Cl)c(N)c(C=O)c1. The van der Waals surface area contributed by atoms with Gasteiger partial charge in [0.25, 0.3) is 0 Å². The molecule has 3 nitrogen and oxygen atoms in total. The average Bonchev–Trinajstić information content (AvgIpc) is 2.14. The van der Waals surface area contributed by atoms with Crippen molar-refractivity contribution in [2.75, 3.05) is 12.8 Å². The number of benzene rings is 1. The fourth-order valence-corrected chi connectivity index (χ4v) is 0.994. The lowest BCUT2D eigenvalue weighted by atomic mass is 9.94. The quantitative estimate of drug-likeness (QED) is 0.382. The molecule has 0 amide bonds. The molecule has 0 saturated carbocycles. The van der Waals surface area contributed by atoms with Crippen LogP contribution in [0, 0.1) is 0 Å². The molecular formula is C8H9BClNO2. The van der Waals surface area contributed by atoms with Crippen LogP contribution in [0.25, 0.3) is 0 Å². The number of hydrogen-bond donors (Lipinski definition) is 2. The molecule has 1 aromatic rings. The van der Waals surface area contributed by atoms with Crippen molar-refractivity contribution in [1.29, 1.82) is 0 Å². The van der Waals surface area contributed by atoms with E-state index in [1.807, 2.05) is 0 Å². The number of carbonyl (C=O) groups excluding carboxylic acids is 1. The van der Waals surface area contributed by atoms with Gasteiger partial charge in [-0.2, -0.15) is 0 Å². The molecule has 1 aromatic carbocycles. The van der Waals surface area contributed by atoms with Gasteiger partial charge in [0.15, 0.2) is 6.29 Å². The third-order valence-electron chi connectivity index (χ3n) is 1.31. The van der Waals surface area contributed by atoms with Crippen molar-refractivity contribution in [3.63, 3.8) is 0 Å². The van der Waals surface area contributed by atoms with Crippen molar-refractivity contribution in [2.24, 2.45) is 0 Å². The highest BCUT2D eigenvalue weighted by molar-refractivity contribution is 6.38. The van der Waals surface area contributed by atoms with Crippen LogP contribution in [0.1, 0.15) is 10.4 Å². The van der Waals surface area contributed by atoms with Crippen LogP contribution in [0.3, 0.4) is 0 Å². The van der Waals surface area contributed by atoms with E-state index in [0.29, 0.717) is 22.3 Å². The molecular weight excluding hydrogens is 188 g/mol. The molecule has 1 rings (SSSR count). The molecule has 0 aliphatic carbocycles. The molecule has 0 spiro atoms. The van der Waals surface area contributed by atoms with Gasteiger partial charge in [-0.15, -0.1) is 0 Å². The van der Waals surface area contributed by atoms with E-state index in [0.717, 1.165) is 7.11 Å². The molecule has 0 aromatic heterocycles. The van der Waals surface area contributed by atoms with E-state index in [9.17, 15) is 4.79 Å². The Morgan fingerprint density at radius 2 is 2.08 bits per heavy atom. The summed E-state index contributed by atoms with van der Waals surface area (Å²) in [5.41, 5.74) is 6.48. The molecule has 0 atom stereocenters. The van der Waals surface area contributed by atoms with Crippen LogP contribution in [0.2, 0.25) is 5.02 Å². The van der Waals surface area contributed by atoms with E-state index in [1.54, 1.807) is 0 Å². The third kappa shape index (κ3) is 3.09. The molecule has 68 valence electrons. The van der Waals surface area contributed by atoms with E-state index in [4.69, 9.17) is 30.3 Å². The van der Waals surface area contributed by atoms with Crippen LogP contribution < -0.4 is 11.2 Å². The van der Waals surface area contributed by atoms with Gasteiger partial charge in [0.1, 0.15) is 7.85 Å². The summed E-state index contributed by atoms with van der Waals surface area (Å²) in [4.78, 5) is 10.3. The molecule has 13 heavy (non-hydrogen) atoms. The highest BCUT2D eigenvalue weighted by atomic mass is 35.5. The third-order valence-corrected chi connectivity index (χ3v) is 1.62. The normalized spacial score (nSPS) is 8.54. The summed E-state index contributed by atoms with van der Waals surface area (Å²) in [6.07, 6.45) is 0.623. The molecule has 0 heterocycles. The molecule has 3 N–H and O–H groups in total. The lowest BCUT2D eigenvalue weighted by Crippen LogP contribution is -2.06. The molecule has 0 saturated heterocycles. The van der Waals surface area contributed by atoms with E-state index in [2.05, 4.69) is 0 Å². The van der Waals surface area contributed by atoms with E-state index < -0.39 is 0 Å². The number of nitrogens with two attached hydrogens (primary N) is 1. The molecule has 0 aliphatic rings. The number of aldehydes is 1. The number of halogens is 1. The summed E-state index contributed by atoms with van der Waals surface area (Å²) >= 11 is 5.63. The average molecular weight is 197 g/mol. The summed E-state index contributed by atoms with van der Waals surface area (Å²) in [6, 6.07) is 2.98. The van der Waals surface area contributed by atoms with Crippen molar-refractivity contribution < 1.29 is 9.90 Å². The van der Waals surface area contributed by atoms with Crippen molar-refractivity contribution in [2.45, 2.75) is 0 Å². The highest BCUT2D eigenvalue weighted by Gasteiger charge is 2.02. The minimum Gasteiger partial charge on any atom is -0.400 e. The second-order valence-corrected chi connectivity index (χ2v) is 2.53. The molecule has 2 radical (unpaired) electrons. The zero-order chi connectivity index (χ0) is 10.4. The summed E-state index contributed by atoms with van der Waals surface area (Å²) < 4.78 is 0. The molecule has 0 unspecified atom stereocenters. The van der Waals surface area contributed by atoms with Crippen LogP contribution in [0.4, 0.5) is 5.69 Å². The van der Waals surface area contributed by atoms with Crippen LogP contribution in [-0.4, -0.2) is 26.3 Å². The Labute approximate surface area is 82.9 Å². The number of aliphatic hydroxyl groups is 1. The molecule has 0 bridgehead atoms. The standard InChI is InChI=1S/C7H5BClNO.CH4O/c8-5-1-4(3-11)7(10)6(9)2-5;1-2/h1-3H,10H2;2H,1H3. The second-order valence-electron chi connectivity index (χ2n) is 2.12. The first-order chi connectivity index (χ1) is 6.15. The lowest BCUT2D eigenvalue weighted by molar-refractivity contribution is 0.112. The Kier molecular flexibility index (Phi) is 5.19. The van der Waals surface area contributed by atoms with Gasteiger partial charge in [-0.1, -0.05) is 23.1 Å². The Bertz CT molecular complexity index is 304. The number of hydrogen-bond acceptors (Lipinski definition) is 3. The van der Waals surface area contributed by atoms with Gasteiger partial charge in [0.2, 0.25) is 0 Å². The minimum absolute atomic E-state index is 0.274. The van der Waals surface area contributed by atoms with Gasteiger partial charge < -0.3 is 10.8 Å². The Morgan fingerprint density at radius 3 is 2.54 bits per heavy atom. The smallest absolute Gasteiger partial charge is 0.152 e. The van der Waals surface area contributed by atoms with Crippen molar-refractivity contribution in [1.82, 2.24) is 0 Å². The van der Waals surface area contributed by atoms with E-state index >= 15 is 0 Å². The summed E-state index contributed by atoms with van der Waals surface area (Å²) in [7, 11) is 6.40. The van der Waals surface area contributed by atoms with Gasteiger partial charge in [-0.25, -0.2) is 0 Å². The number of nitrogen functional groups attached to an aromatic ring is 1. The second kappa shape index (κ2) is 5.62. The Balaban J connectivity index is 0.000000671. The van der Waals surface area contributed by atoms with Gasteiger partial charge in [0, 0.05) is 12.7 Å². The number of rotatable bonds is 1. The first-order valence-corrected chi connectivity index (χ1v) is 3.77. The van der Waals surface area contributed by atoms with Gasteiger partial charge in [-0.3, -0.25) is 4.79 Å². The van der Waals surface area contributed by atoms with Crippen LogP contribution in [0.5, 0.6) is 0 Å². The molecule has 0 fully saturated rings. The first kappa shape index (κ1) is 12.0. The largest absolute Gasteiger partial charge is 0.400 e. The van der Waals surface area contributed by atoms with Crippen LogP contribution in [-0.2, 0) is 0 Å². The molecule has 0 aliphatic heterocycles. The zero-order valence-electron chi connectivity index (χ0n) is 7.12. The molecule has 5 heteroatoms. The van der Waals surface area contributed by atoms with Gasteiger partial charge >= 0.3 is 0 Å². The van der Waals surface area contributed by atoms with Crippen molar-refractivity contribution in [3.8, 4) is 0 Å². The van der Waals surface area contributed by atoms with Crippen molar-refractivity contribution >= 4 is 36.9 Å². The fourth-order valence-electron chi connectivity index (χ4n) is 0.758. The van der Waals surface area contributed by atoms with E-state index in [1.165, 1.54) is 12.1 Å². The Hall–Kier alpha value is -0.995. The zero-order valence-corrected chi connectivity index (χ0v) is 7.88. The number of anilines is 1. The van der Waals surface area contributed by atoms with Crippen molar-refractivity contribution in [3.05, 3.63) is 22.7 Å². The maximum absolute atomic E-state index is 10.3. The number of carbonyl (C=O) groups is 1. The first-order valence-electron chi connectivity index (χ1n) is 3.39. The maximum Gasteiger partial charge on any atom is 0.152 e. The van der Waals surface area contributed by atoms with E-state index in [-0.39, 0.29) is 5.69 Å².